The van der Waals surface area contributed by atoms with Gasteiger partial charge in [-0.2, -0.15) is 0 Å². The first-order chi connectivity index (χ1) is 7.04. The minimum atomic E-state index is 0.330. The normalized spacial score (nSPS) is 25.2. The van der Waals surface area contributed by atoms with E-state index in [0.717, 1.165) is 19.6 Å². The molecule has 0 aliphatic carbocycles. The largest absolute Gasteiger partial charge is 0.378 e. The first-order valence-electron chi connectivity index (χ1n) is 6.39. The van der Waals surface area contributed by atoms with Crippen molar-refractivity contribution in [3.63, 3.8) is 0 Å². The Labute approximate surface area is 94.8 Å². The van der Waals surface area contributed by atoms with Gasteiger partial charge in [-0.05, 0) is 37.6 Å². The van der Waals surface area contributed by atoms with Crippen LogP contribution in [-0.4, -0.2) is 25.3 Å². The second kappa shape index (κ2) is 5.86. The second-order valence-corrected chi connectivity index (χ2v) is 5.70. The van der Waals surface area contributed by atoms with Gasteiger partial charge in [0.2, 0.25) is 0 Å². The van der Waals surface area contributed by atoms with E-state index >= 15 is 0 Å². The fourth-order valence-corrected chi connectivity index (χ4v) is 2.25. The van der Waals surface area contributed by atoms with Gasteiger partial charge < -0.3 is 10.1 Å². The van der Waals surface area contributed by atoms with Crippen LogP contribution in [0.25, 0.3) is 0 Å². The highest BCUT2D eigenvalue weighted by Gasteiger charge is 2.27. The predicted octanol–water partition coefficient (Wildman–Crippen LogP) is 2.97. The maximum atomic E-state index is 5.81. The number of rotatable bonds is 4. The SMILES string of the molecule is CCNC(CC1CCCCO1)C(C)(C)C. The lowest BCUT2D eigenvalue weighted by Crippen LogP contribution is -2.43. The van der Waals surface area contributed by atoms with E-state index in [1.54, 1.807) is 0 Å². The smallest absolute Gasteiger partial charge is 0.0590 e. The molecule has 1 aliphatic rings. The zero-order valence-corrected chi connectivity index (χ0v) is 10.8. The second-order valence-electron chi connectivity index (χ2n) is 5.70. The molecule has 0 aromatic rings. The number of ether oxygens (including phenoxy) is 1. The highest BCUT2D eigenvalue weighted by Crippen LogP contribution is 2.26. The number of nitrogens with one attached hydrogen (secondary N) is 1. The van der Waals surface area contributed by atoms with Crippen molar-refractivity contribution in [2.45, 2.75) is 65.5 Å². The molecule has 0 aromatic heterocycles. The Kier molecular flexibility index (Phi) is 5.07. The van der Waals surface area contributed by atoms with E-state index in [2.05, 4.69) is 33.0 Å². The highest BCUT2D eigenvalue weighted by atomic mass is 16.5. The Morgan fingerprint density at radius 2 is 2.07 bits per heavy atom. The molecule has 1 N–H and O–H groups in total. The van der Waals surface area contributed by atoms with Crippen molar-refractivity contribution in [2.75, 3.05) is 13.2 Å². The molecule has 0 saturated carbocycles. The van der Waals surface area contributed by atoms with Crippen LogP contribution >= 0.6 is 0 Å². The Bertz CT molecular complexity index is 168. The zero-order valence-electron chi connectivity index (χ0n) is 10.8. The maximum Gasteiger partial charge on any atom is 0.0590 e. The number of hydrogen-bond donors (Lipinski definition) is 1. The van der Waals surface area contributed by atoms with Crippen molar-refractivity contribution in [3.8, 4) is 0 Å². The number of hydrogen-bond acceptors (Lipinski definition) is 2. The summed E-state index contributed by atoms with van der Waals surface area (Å²) in [7, 11) is 0. The summed E-state index contributed by atoms with van der Waals surface area (Å²) in [5.74, 6) is 0. The van der Waals surface area contributed by atoms with E-state index in [4.69, 9.17) is 4.74 Å². The lowest BCUT2D eigenvalue weighted by molar-refractivity contribution is -0.00289. The average molecular weight is 213 g/mol. The maximum absolute atomic E-state index is 5.81. The van der Waals surface area contributed by atoms with Crippen molar-refractivity contribution in [3.05, 3.63) is 0 Å². The van der Waals surface area contributed by atoms with Crippen LogP contribution in [0, 0.1) is 5.41 Å². The molecule has 2 unspecified atom stereocenters. The van der Waals surface area contributed by atoms with Crippen molar-refractivity contribution >= 4 is 0 Å². The minimum Gasteiger partial charge on any atom is -0.378 e. The van der Waals surface area contributed by atoms with Gasteiger partial charge in [0, 0.05) is 12.6 Å². The summed E-state index contributed by atoms with van der Waals surface area (Å²) < 4.78 is 5.81. The van der Waals surface area contributed by atoms with Gasteiger partial charge >= 0.3 is 0 Å². The van der Waals surface area contributed by atoms with Crippen molar-refractivity contribution in [1.82, 2.24) is 5.32 Å². The summed E-state index contributed by atoms with van der Waals surface area (Å²) in [4.78, 5) is 0. The topological polar surface area (TPSA) is 21.3 Å². The average Bonchev–Trinajstić information content (AvgIpc) is 2.17. The fraction of sp³-hybridized carbons (Fsp3) is 1.00. The van der Waals surface area contributed by atoms with Crippen LogP contribution in [-0.2, 0) is 4.74 Å². The molecule has 15 heavy (non-hydrogen) atoms. The molecule has 1 heterocycles. The van der Waals surface area contributed by atoms with E-state index in [-0.39, 0.29) is 0 Å². The molecule has 1 aliphatic heterocycles. The summed E-state index contributed by atoms with van der Waals surface area (Å²) in [6, 6.07) is 0.575. The van der Waals surface area contributed by atoms with Gasteiger partial charge in [-0.25, -0.2) is 0 Å². The fourth-order valence-electron chi connectivity index (χ4n) is 2.25. The zero-order chi connectivity index (χ0) is 11.3. The first kappa shape index (κ1) is 13.0. The minimum absolute atomic E-state index is 0.330. The van der Waals surface area contributed by atoms with Crippen molar-refractivity contribution < 1.29 is 4.74 Å². The first-order valence-corrected chi connectivity index (χ1v) is 6.39. The summed E-state index contributed by atoms with van der Waals surface area (Å²) >= 11 is 0. The monoisotopic (exact) mass is 213 g/mol. The van der Waals surface area contributed by atoms with Crippen molar-refractivity contribution in [1.29, 1.82) is 0 Å². The van der Waals surface area contributed by atoms with Crippen LogP contribution in [0.4, 0.5) is 0 Å². The van der Waals surface area contributed by atoms with Gasteiger partial charge in [0.05, 0.1) is 6.10 Å². The van der Waals surface area contributed by atoms with Gasteiger partial charge in [0.1, 0.15) is 0 Å². The quantitative estimate of drug-likeness (QED) is 0.775. The molecule has 2 nitrogen and oxygen atoms in total. The summed E-state index contributed by atoms with van der Waals surface area (Å²) in [5.41, 5.74) is 0.330. The molecule has 0 radical (unpaired) electrons. The van der Waals surface area contributed by atoms with E-state index in [0.29, 0.717) is 17.6 Å². The summed E-state index contributed by atoms with van der Waals surface area (Å²) in [6.07, 6.45) is 5.49. The molecule has 2 atom stereocenters. The molecule has 1 rings (SSSR count). The molecule has 0 aromatic carbocycles. The molecule has 1 saturated heterocycles. The Morgan fingerprint density at radius 1 is 1.33 bits per heavy atom. The van der Waals surface area contributed by atoms with Gasteiger partial charge in [-0.3, -0.25) is 0 Å². The highest BCUT2D eigenvalue weighted by molar-refractivity contribution is 4.83. The third kappa shape index (κ3) is 4.52. The third-order valence-electron chi connectivity index (χ3n) is 3.27. The standard InChI is InChI=1S/C13H27NO/c1-5-14-12(13(2,3)4)10-11-8-6-7-9-15-11/h11-12,14H,5-10H2,1-4H3. The van der Waals surface area contributed by atoms with E-state index in [1.165, 1.54) is 19.3 Å². The summed E-state index contributed by atoms with van der Waals surface area (Å²) in [6.45, 7) is 11.1. The summed E-state index contributed by atoms with van der Waals surface area (Å²) in [5, 5.41) is 3.59. The third-order valence-corrected chi connectivity index (χ3v) is 3.27. The lowest BCUT2D eigenvalue weighted by Gasteiger charge is -2.35. The van der Waals surface area contributed by atoms with E-state index in [9.17, 15) is 0 Å². The van der Waals surface area contributed by atoms with Crippen LogP contribution in [0.5, 0.6) is 0 Å². The molecule has 2 heteroatoms. The molecular formula is C13H27NO. The molecule has 1 fully saturated rings. The van der Waals surface area contributed by atoms with Crippen molar-refractivity contribution in [2.24, 2.45) is 5.41 Å². The van der Waals surface area contributed by atoms with Crippen LogP contribution in [0.3, 0.4) is 0 Å². The molecule has 90 valence electrons. The van der Waals surface area contributed by atoms with Gasteiger partial charge in [0.15, 0.2) is 0 Å². The lowest BCUT2D eigenvalue weighted by atomic mass is 9.82. The van der Waals surface area contributed by atoms with Crippen LogP contribution in [0.15, 0.2) is 0 Å². The van der Waals surface area contributed by atoms with Gasteiger partial charge in [-0.15, -0.1) is 0 Å². The predicted molar refractivity (Wildman–Crippen MR) is 65.1 cm³/mol. The Morgan fingerprint density at radius 3 is 2.53 bits per heavy atom. The van der Waals surface area contributed by atoms with Crippen LogP contribution < -0.4 is 5.32 Å². The van der Waals surface area contributed by atoms with Crippen LogP contribution in [0.1, 0.15) is 53.4 Å². The van der Waals surface area contributed by atoms with Gasteiger partial charge in [-0.1, -0.05) is 27.7 Å². The molecule has 0 amide bonds. The molecule has 0 spiro atoms. The van der Waals surface area contributed by atoms with E-state index < -0.39 is 0 Å². The van der Waals surface area contributed by atoms with E-state index in [1.807, 2.05) is 0 Å². The Hall–Kier alpha value is -0.0800. The molecule has 0 bridgehead atoms. The van der Waals surface area contributed by atoms with Crippen LogP contribution in [0.2, 0.25) is 0 Å². The Balaban J connectivity index is 2.42. The van der Waals surface area contributed by atoms with Gasteiger partial charge in [0.25, 0.3) is 0 Å². The molecular weight excluding hydrogens is 186 g/mol.